The van der Waals surface area contributed by atoms with Gasteiger partial charge in [-0.3, -0.25) is 9.59 Å². The third-order valence-corrected chi connectivity index (χ3v) is 5.46. The Morgan fingerprint density at radius 3 is 1.48 bits per heavy atom. The lowest BCUT2D eigenvalue weighted by Gasteiger charge is -2.33. The van der Waals surface area contributed by atoms with Gasteiger partial charge in [-0.1, -0.05) is 26.7 Å². The van der Waals surface area contributed by atoms with Gasteiger partial charge in [0.05, 0.1) is 0 Å². The van der Waals surface area contributed by atoms with Gasteiger partial charge in [-0.05, 0) is 58.8 Å². The molecule has 1 aliphatic carbocycles. The summed E-state index contributed by atoms with van der Waals surface area (Å²) in [7, 11) is 0. The van der Waals surface area contributed by atoms with Gasteiger partial charge < -0.3 is 10.6 Å². The average Bonchev–Trinajstić information content (AvgIpc) is 2.85. The molecular formula is C19H36N2O2. The van der Waals surface area contributed by atoms with Gasteiger partial charge in [-0.2, -0.15) is 0 Å². The van der Waals surface area contributed by atoms with E-state index in [0.717, 1.165) is 38.5 Å². The van der Waals surface area contributed by atoms with Gasteiger partial charge in [0.15, 0.2) is 0 Å². The molecular weight excluding hydrogens is 288 g/mol. The lowest BCUT2D eigenvalue weighted by molar-refractivity contribution is -0.128. The van der Waals surface area contributed by atoms with Crippen molar-refractivity contribution < 1.29 is 9.59 Å². The van der Waals surface area contributed by atoms with Crippen LogP contribution in [-0.4, -0.2) is 22.9 Å². The monoisotopic (exact) mass is 324 g/mol. The minimum absolute atomic E-state index is 0.0845. The summed E-state index contributed by atoms with van der Waals surface area (Å²) >= 11 is 0. The van der Waals surface area contributed by atoms with Crippen LogP contribution in [0.2, 0.25) is 0 Å². The quantitative estimate of drug-likeness (QED) is 0.710. The first-order valence-electron chi connectivity index (χ1n) is 9.15. The topological polar surface area (TPSA) is 58.2 Å². The highest BCUT2D eigenvalue weighted by molar-refractivity contribution is 5.81. The summed E-state index contributed by atoms with van der Waals surface area (Å²) in [6, 6.07) is 0. The normalized spacial score (nSPS) is 17.8. The van der Waals surface area contributed by atoms with E-state index >= 15 is 0 Å². The summed E-state index contributed by atoms with van der Waals surface area (Å²) in [5.41, 5.74) is -0.505. The molecule has 4 nitrogen and oxygen atoms in total. The summed E-state index contributed by atoms with van der Waals surface area (Å²) < 4.78 is 0. The van der Waals surface area contributed by atoms with E-state index in [0.29, 0.717) is 12.8 Å². The van der Waals surface area contributed by atoms with Gasteiger partial charge in [0.25, 0.3) is 0 Å². The number of hydrogen-bond acceptors (Lipinski definition) is 2. The van der Waals surface area contributed by atoms with Gasteiger partial charge >= 0.3 is 0 Å². The second kappa shape index (κ2) is 7.67. The van der Waals surface area contributed by atoms with Crippen molar-refractivity contribution >= 4 is 11.8 Å². The minimum atomic E-state index is -0.177. The van der Waals surface area contributed by atoms with Crippen LogP contribution in [0.25, 0.3) is 0 Å². The molecule has 0 unspecified atom stereocenters. The largest absolute Gasteiger partial charge is 0.351 e. The Morgan fingerprint density at radius 2 is 1.17 bits per heavy atom. The van der Waals surface area contributed by atoms with E-state index in [1.807, 2.05) is 27.7 Å². The third kappa shape index (κ3) is 6.52. The highest BCUT2D eigenvalue weighted by atomic mass is 16.2. The predicted octanol–water partition coefficient (Wildman–Crippen LogP) is 3.94. The molecule has 0 aromatic carbocycles. The van der Waals surface area contributed by atoms with Crippen LogP contribution in [0.15, 0.2) is 0 Å². The number of amides is 2. The molecule has 23 heavy (non-hydrogen) atoms. The van der Waals surface area contributed by atoms with E-state index in [1.54, 1.807) is 0 Å². The van der Waals surface area contributed by atoms with Crippen LogP contribution in [0.1, 0.15) is 92.9 Å². The van der Waals surface area contributed by atoms with E-state index in [-0.39, 0.29) is 28.3 Å². The Morgan fingerprint density at radius 1 is 0.826 bits per heavy atom. The molecule has 0 bridgehead atoms. The Bertz CT molecular complexity index is 387. The molecule has 0 atom stereocenters. The lowest BCUT2D eigenvalue weighted by Crippen LogP contribution is -2.47. The molecule has 0 aliphatic heterocycles. The molecule has 0 spiro atoms. The van der Waals surface area contributed by atoms with Crippen molar-refractivity contribution in [1.29, 1.82) is 0 Å². The molecule has 0 saturated heterocycles. The first-order valence-corrected chi connectivity index (χ1v) is 9.15. The highest BCUT2D eigenvalue weighted by Crippen LogP contribution is 2.44. The second-order valence-corrected chi connectivity index (χ2v) is 8.63. The minimum Gasteiger partial charge on any atom is -0.351 e. The fraction of sp³-hybridized carbons (Fsp3) is 0.895. The number of rotatable bonds is 8. The van der Waals surface area contributed by atoms with Gasteiger partial charge in [0, 0.05) is 23.9 Å². The molecule has 1 saturated carbocycles. The van der Waals surface area contributed by atoms with E-state index in [4.69, 9.17) is 0 Å². The smallest absolute Gasteiger partial charge is 0.220 e. The summed E-state index contributed by atoms with van der Waals surface area (Å²) in [6.45, 7) is 12.3. The van der Waals surface area contributed by atoms with Crippen LogP contribution in [0.4, 0.5) is 0 Å². The Hall–Kier alpha value is -1.06. The Balaban J connectivity index is 2.69. The van der Waals surface area contributed by atoms with Crippen molar-refractivity contribution in [1.82, 2.24) is 10.6 Å². The summed E-state index contributed by atoms with van der Waals surface area (Å²) in [5.74, 6) is 0.169. The summed E-state index contributed by atoms with van der Waals surface area (Å²) in [6.07, 6.45) is 6.93. The second-order valence-electron chi connectivity index (χ2n) is 8.63. The molecule has 2 amide bonds. The van der Waals surface area contributed by atoms with Crippen LogP contribution in [0, 0.1) is 5.41 Å². The van der Waals surface area contributed by atoms with Gasteiger partial charge in [-0.25, -0.2) is 0 Å². The van der Waals surface area contributed by atoms with Crippen molar-refractivity contribution in [2.24, 2.45) is 5.41 Å². The van der Waals surface area contributed by atoms with Gasteiger partial charge in [-0.15, -0.1) is 0 Å². The molecule has 1 fully saturated rings. The molecule has 1 rings (SSSR count). The maximum atomic E-state index is 12.5. The summed E-state index contributed by atoms with van der Waals surface area (Å²) in [4.78, 5) is 24.9. The first-order chi connectivity index (χ1) is 10.5. The maximum Gasteiger partial charge on any atom is 0.220 e. The Labute approximate surface area is 142 Å². The number of carbonyl (C=O) groups excluding carboxylic acids is 2. The molecule has 0 aromatic rings. The van der Waals surface area contributed by atoms with Crippen LogP contribution in [0.3, 0.4) is 0 Å². The number of carbonyl (C=O) groups is 2. The van der Waals surface area contributed by atoms with E-state index < -0.39 is 0 Å². The van der Waals surface area contributed by atoms with Crippen molar-refractivity contribution in [3.8, 4) is 0 Å². The van der Waals surface area contributed by atoms with Crippen LogP contribution in [0.5, 0.6) is 0 Å². The molecule has 0 aromatic heterocycles. The van der Waals surface area contributed by atoms with Crippen LogP contribution in [-0.2, 0) is 9.59 Å². The predicted molar refractivity (Wildman–Crippen MR) is 95.2 cm³/mol. The van der Waals surface area contributed by atoms with Crippen molar-refractivity contribution in [3.05, 3.63) is 0 Å². The van der Waals surface area contributed by atoms with Gasteiger partial charge in [0.2, 0.25) is 11.8 Å². The SMILES string of the molecule is CCC(C)(C)NC(=O)CC1(CC(=O)NC(C)(C)CC)CCCC1. The molecule has 2 N–H and O–H groups in total. The highest BCUT2D eigenvalue weighted by Gasteiger charge is 2.39. The maximum absolute atomic E-state index is 12.5. The zero-order chi connectivity index (χ0) is 17.7. The number of hydrogen-bond donors (Lipinski definition) is 2. The lowest BCUT2D eigenvalue weighted by atomic mass is 9.78. The van der Waals surface area contributed by atoms with Gasteiger partial charge in [0.1, 0.15) is 0 Å². The standard InChI is InChI=1S/C19H36N2O2/c1-7-17(3,4)20-15(22)13-19(11-9-10-12-19)14-16(23)21-18(5,6)8-2/h7-14H2,1-6H3,(H,20,22)(H,21,23). The third-order valence-electron chi connectivity index (χ3n) is 5.46. The molecule has 134 valence electrons. The fourth-order valence-corrected chi connectivity index (χ4v) is 3.24. The van der Waals surface area contributed by atoms with E-state index in [1.165, 1.54) is 0 Å². The fourth-order valence-electron chi connectivity index (χ4n) is 3.24. The molecule has 0 heterocycles. The molecule has 4 heteroatoms. The molecule has 0 radical (unpaired) electrons. The van der Waals surface area contributed by atoms with Crippen molar-refractivity contribution in [2.75, 3.05) is 0 Å². The average molecular weight is 325 g/mol. The van der Waals surface area contributed by atoms with Crippen LogP contribution >= 0.6 is 0 Å². The van der Waals surface area contributed by atoms with E-state index in [9.17, 15) is 9.59 Å². The zero-order valence-electron chi connectivity index (χ0n) is 16.0. The first kappa shape index (κ1) is 20.0. The van der Waals surface area contributed by atoms with E-state index in [2.05, 4.69) is 24.5 Å². The van der Waals surface area contributed by atoms with Crippen molar-refractivity contribution in [2.45, 2.75) is 104 Å². The van der Waals surface area contributed by atoms with Crippen molar-refractivity contribution in [3.63, 3.8) is 0 Å². The summed E-state index contributed by atoms with van der Waals surface area (Å²) in [5, 5.41) is 6.24. The zero-order valence-corrected chi connectivity index (χ0v) is 16.0. The van der Waals surface area contributed by atoms with Crippen LogP contribution < -0.4 is 10.6 Å². The number of nitrogens with one attached hydrogen (secondary N) is 2. The Kier molecular flexibility index (Phi) is 6.67. The molecule has 1 aliphatic rings.